The molecule has 27 heavy (non-hydrogen) atoms. The van der Waals surface area contributed by atoms with Crippen LogP contribution in [0.2, 0.25) is 0 Å². The van der Waals surface area contributed by atoms with E-state index in [2.05, 4.69) is 5.32 Å². The number of sulfonamides is 1. The third-order valence-corrected chi connectivity index (χ3v) is 5.84. The average molecular weight is 410 g/mol. The van der Waals surface area contributed by atoms with Crippen LogP contribution in [0.5, 0.6) is 0 Å². The highest BCUT2D eigenvalue weighted by molar-refractivity contribution is 7.88. The zero-order valence-electron chi connectivity index (χ0n) is 17.3. The summed E-state index contributed by atoms with van der Waals surface area (Å²) < 4.78 is 24.5. The maximum absolute atomic E-state index is 12.9. The fourth-order valence-corrected chi connectivity index (χ4v) is 3.10. The first-order valence-electron chi connectivity index (χ1n) is 8.91. The molecule has 0 aliphatic carbocycles. The van der Waals surface area contributed by atoms with Crippen molar-refractivity contribution in [1.29, 1.82) is 0 Å². The Bertz CT molecular complexity index is 600. The van der Waals surface area contributed by atoms with Gasteiger partial charge in [-0.1, -0.05) is 34.6 Å². The van der Waals surface area contributed by atoms with Crippen LogP contribution in [0.1, 0.15) is 41.0 Å². The standard InChI is InChI=1S/C17H35N3O6S/c1-11(2)8-12(15(22)18-14(10-21)17(3,4)5)13(16(23)19-24)9-20(6)27(7,25)26/h11-14,21,24H,8-10H2,1-7H3,(H,18,22)(H,19,23)/t12-,13+,14-/m1/s1. The van der Waals surface area contributed by atoms with E-state index in [0.29, 0.717) is 6.42 Å². The number of amides is 2. The predicted octanol–water partition coefficient (Wildman–Crippen LogP) is 0.185. The molecule has 0 fully saturated rings. The summed E-state index contributed by atoms with van der Waals surface area (Å²) in [6.45, 7) is 8.81. The van der Waals surface area contributed by atoms with Crippen molar-refractivity contribution in [3.05, 3.63) is 0 Å². The molecule has 0 aromatic carbocycles. The van der Waals surface area contributed by atoms with Gasteiger partial charge in [0.15, 0.2) is 0 Å². The molecule has 2 amide bonds. The Morgan fingerprint density at radius 3 is 1.96 bits per heavy atom. The normalized spacial score (nSPS) is 16.1. The molecule has 3 atom stereocenters. The van der Waals surface area contributed by atoms with E-state index in [4.69, 9.17) is 5.21 Å². The van der Waals surface area contributed by atoms with Crippen LogP contribution in [-0.2, 0) is 19.6 Å². The van der Waals surface area contributed by atoms with Gasteiger partial charge in [0.2, 0.25) is 21.8 Å². The minimum Gasteiger partial charge on any atom is -0.394 e. The fourth-order valence-electron chi connectivity index (χ4n) is 2.66. The number of rotatable bonds is 10. The largest absolute Gasteiger partial charge is 0.394 e. The van der Waals surface area contributed by atoms with Crippen molar-refractivity contribution in [2.75, 3.05) is 26.5 Å². The van der Waals surface area contributed by atoms with Gasteiger partial charge in [0, 0.05) is 13.6 Å². The third kappa shape index (κ3) is 8.54. The van der Waals surface area contributed by atoms with E-state index >= 15 is 0 Å². The number of aliphatic hydroxyl groups is 1. The number of hydrogen-bond acceptors (Lipinski definition) is 6. The summed E-state index contributed by atoms with van der Waals surface area (Å²) in [5.74, 6) is -3.22. The minimum atomic E-state index is -3.58. The Morgan fingerprint density at radius 2 is 1.63 bits per heavy atom. The van der Waals surface area contributed by atoms with Gasteiger partial charge in [-0.3, -0.25) is 14.8 Å². The molecule has 4 N–H and O–H groups in total. The maximum atomic E-state index is 12.9. The number of aliphatic hydroxyl groups excluding tert-OH is 1. The molecule has 0 saturated heterocycles. The average Bonchev–Trinajstić information content (AvgIpc) is 2.52. The summed E-state index contributed by atoms with van der Waals surface area (Å²) >= 11 is 0. The second-order valence-electron chi connectivity index (χ2n) is 8.47. The number of nitrogens with one attached hydrogen (secondary N) is 2. The van der Waals surface area contributed by atoms with E-state index in [-0.39, 0.29) is 19.1 Å². The topological polar surface area (TPSA) is 136 Å². The smallest absolute Gasteiger partial charge is 0.248 e. The maximum Gasteiger partial charge on any atom is 0.248 e. The highest BCUT2D eigenvalue weighted by Crippen LogP contribution is 2.25. The Kier molecular flexibility index (Phi) is 9.88. The molecule has 0 radical (unpaired) electrons. The van der Waals surface area contributed by atoms with Crippen LogP contribution in [-0.4, -0.2) is 67.3 Å². The predicted molar refractivity (Wildman–Crippen MR) is 102 cm³/mol. The van der Waals surface area contributed by atoms with Gasteiger partial charge in [-0.25, -0.2) is 18.2 Å². The monoisotopic (exact) mass is 409 g/mol. The Balaban J connectivity index is 5.79. The SMILES string of the molecule is CC(C)C[C@@H](C(=O)N[C@H](CO)C(C)(C)C)[C@H](CN(C)S(C)(=O)=O)C(=O)NO. The van der Waals surface area contributed by atoms with Crippen LogP contribution in [0.3, 0.4) is 0 Å². The van der Waals surface area contributed by atoms with Crippen molar-refractivity contribution >= 4 is 21.8 Å². The lowest BCUT2D eigenvalue weighted by molar-refractivity contribution is -0.141. The van der Waals surface area contributed by atoms with Crippen molar-refractivity contribution in [2.24, 2.45) is 23.2 Å². The quantitative estimate of drug-likeness (QED) is 0.300. The molecule has 0 unspecified atom stereocenters. The molecule has 0 aromatic rings. The van der Waals surface area contributed by atoms with Crippen molar-refractivity contribution in [2.45, 2.75) is 47.1 Å². The zero-order chi connectivity index (χ0) is 21.6. The van der Waals surface area contributed by atoms with Gasteiger partial charge < -0.3 is 10.4 Å². The van der Waals surface area contributed by atoms with Gasteiger partial charge in [-0.15, -0.1) is 0 Å². The summed E-state index contributed by atoms with van der Waals surface area (Å²) in [4.78, 5) is 25.2. The lowest BCUT2D eigenvalue weighted by atomic mass is 9.82. The van der Waals surface area contributed by atoms with Crippen molar-refractivity contribution in [3.63, 3.8) is 0 Å². The molecule has 160 valence electrons. The van der Waals surface area contributed by atoms with E-state index in [9.17, 15) is 23.1 Å². The summed E-state index contributed by atoms with van der Waals surface area (Å²) in [5.41, 5.74) is 1.13. The minimum absolute atomic E-state index is 0.0421. The van der Waals surface area contributed by atoms with Crippen molar-refractivity contribution in [1.82, 2.24) is 15.1 Å². The molecular weight excluding hydrogens is 374 g/mol. The Morgan fingerprint density at radius 1 is 1.11 bits per heavy atom. The van der Waals surface area contributed by atoms with Crippen molar-refractivity contribution in [3.8, 4) is 0 Å². The number of nitrogens with zero attached hydrogens (tertiary/aromatic N) is 1. The first kappa shape index (κ1) is 25.8. The molecule has 0 bridgehead atoms. The summed E-state index contributed by atoms with van der Waals surface area (Å²) in [6.07, 6.45) is 1.31. The van der Waals surface area contributed by atoms with E-state index in [1.54, 1.807) is 0 Å². The van der Waals surface area contributed by atoms with Gasteiger partial charge in [-0.05, 0) is 17.8 Å². The molecule has 0 spiro atoms. The number of hydrogen-bond donors (Lipinski definition) is 4. The highest BCUT2D eigenvalue weighted by atomic mass is 32.2. The van der Waals surface area contributed by atoms with E-state index in [0.717, 1.165) is 10.6 Å². The van der Waals surface area contributed by atoms with Crippen LogP contribution in [0, 0.1) is 23.2 Å². The Labute approximate surface area is 162 Å². The summed E-state index contributed by atoms with van der Waals surface area (Å²) in [6, 6.07) is -0.537. The molecule has 0 rings (SSSR count). The van der Waals surface area contributed by atoms with Crippen molar-refractivity contribution < 1.29 is 28.3 Å². The molecule has 0 saturated carbocycles. The van der Waals surface area contributed by atoms with E-state index in [1.807, 2.05) is 34.6 Å². The molecule has 0 heterocycles. The van der Waals surface area contributed by atoms with Crippen LogP contribution in [0.25, 0.3) is 0 Å². The van der Waals surface area contributed by atoms with Gasteiger partial charge in [0.05, 0.1) is 30.7 Å². The van der Waals surface area contributed by atoms with Gasteiger partial charge in [0.25, 0.3) is 0 Å². The number of carbonyl (C=O) groups excluding carboxylic acids is 2. The van der Waals surface area contributed by atoms with Crippen LogP contribution >= 0.6 is 0 Å². The molecule has 9 nitrogen and oxygen atoms in total. The third-order valence-electron chi connectivity index (χ3n) is 4.56. The summed E-state index contributed by atoms with van der Waals surface area (Å²) in [5, 5.41) is 21.5. The lowest BCUT2D eigenvalue weighted by Gasteiger charge is -2.34. The van der Waals surface area contributed by atoms with E-state index in [1.165, 1.54) is 12.5 Å². The molecule has 0 aliphatic heterocycles. The number of carbonyl (C=O) groups is 2. The molecule has 10 heteroatoms. The first-order valence-corrected chi connectivity index (χ1v) is 10.8. The second kappa shape index (κ2) is 10.4. The zero-order valence-corrected chi connectivity index (χ0v) is 18.1. The lowest BCUT2D eigenvalue weighted by Crippen LogP contribution is -2.52. The molecule has 0 aromatic heterocycles. The number of hydroxylamine groups is 1. The van der Waals surface area contributed by atoms with Gasteiger partial charge in [-0.2, -0.15) is 0 Å². The second-order valence-corrected chi connectivity index (χ2v) is 10.6. The highest BCUT2D eigenvalue weighted by Gasteiger charge is 2.38. The van der Waals surface area contributed by atoms with Gasteiger partial charge >= 0.3 is 0 Å². The van der Waals surface area contributed by atoms with E-state index < -0.39 is 45.1 Å². The van der Waals surface area contributed by atoms with Gasteiger partial charge in [0.1, 0.15) is 0 Å². The first-order chi connectivity index (χ1) is 12.1. The summed E-state index contributed by atoms with van der Waals surface area (Å²) in [7, 11) is -2.27. The van der Waals surface area contributed by atoms with Crippen LogP contribution < -0.4 is 10.8 Å². The van der Waals surface area contributed by atoms with Crippen LogP contribution in [0.4, 0.5) is 0 Å². The fraction of sp³-hybridized carbons (Fsp3) is 0.882. The molecular formula is C17H35N3O6S. The molecule has 0 aliphatic rings. The van der Waals surface area contributed by atoms with Crippen LogP contribution in [0.15, 0.2) is 0 Å². The Hall–Kier alpha value is -1.23.